The van der Waals surface area contributed by atoms with Gasteiger partial charge >= 0.3 is 7.82 Å². The van der Waals surface area contributed by atoms with E-state index in [9.17, 15) is 19.4 Å². The van der Waals surface area contributed by atoms with E-state index in [1.54, 1.807) is 0 Å². The third kappa shape index (κ3) is 33.2. The maximum Gasteiger partial charge on any atom is 0.472 e. The second-order valence-electron chi connectivity index (χ2n) is 14.3. The maximum atomic E-state index is 12.8. The fraction of sp³-hybridized carbons (Fsp3) is 0.821. The van der Waals surface area contributed by atoms with Crippen molar-refractivity contribution in [1.29, 1.82) is 0 Å². The third-order valence-corrected chi connectivity index (χ3v) is 9.35. The number of hydrogen-bond acceptors (Lipinski definition) is 5. The standard InChI is InChI=1S/C39H75N2O6P/c1-6-8-10-12-14-16-18-19-20-21-23-25-27-29-31-33-39(43)40-37(36-47-48(44,45)46-35-34-41(3,4)5)38(42)32-30-28-26-24-22-17-15-13-11-9-7-2/h14,16,19-20,22,24,37-38,42H,6-13,15,17-18,21,23,25-36H2,1-5H3,(H-,40,43,44,45)/p+1/b16-14+,20-19+,24-22+/t37-,38+/m0/s1. The van der Waals surface area contributed by atoms with E-state index in [1.807, 2.05) is 21.1 Å². The van der Waals surface area contributed by atoms with Crippen LogP contribution in [-0.4, -0.2) is 73.4 Å². The molecule has 0 saturated heterocycles. The molecule has 0 saturated carbocycles. The number of quaternary nitrogens is 1. The van der Waals surface area contributed by atoms with Crippen molar-refractivity contribution in [3.8, 4) is 0 Å². The Labute approximate surface area is 296 Å². The first-order chi connectivity index (χ1) is 23.0. The lowest BCUT2D eigenvalue weighted by molar-refractivity contribution is -0.870. The van der Waals surface area contributed by atoms with Crippen LogP contribution in [0.1, 0.15) is 155 Å². The molecule has 0 heterocycles. The highest BCUT2D eigenvalue weighted by molar-refractivity contribution is 7.47. The largest absolute Gasteiger partial charge is 0.472 e. The van der Waals surface area contributed by atoms with E-state index in [1.165, 1.54) is 57.8 Å². The van der Waals surface area contributed by atoms with Crippen molar-refractivity contribution >= 4 is 13.7 Å². The Hall–Kier alpha value is -1.28. The minimum absolute atomic E-state index is 0.0654. The summed E-state index contributed by atoms with van der Waals surface area (Å²) in [6.07, 6.45) is 35.9. The van der Waals surface area contributed by atoms with Gasteiger partial charge in [0, 0.05) is 6.42 Å². The average Bonchev–Trinajstić information content (AvgIpc) is 3.02. The number of likely N-dealkylation sites (N-methyl/N-ethyl adjacent to an activating group) is 1. The van der Waals surface area contributed by atoms with Crippen LogP contribution < -0.4 is 5.32 Å². The van der Waals surface area contributed by atoms with Gasteiger partial charge in [0.05, 0.1) is 39.9 Å². The molecule has 0 radical (unpaired) electrons. The van der Waals surface area contributed by atoms with E-state index in [2.05, 4.69) is 55.6 Å². The Morgan fingerprint density at radius 1 is 0.708 bits per heavy atom. The summed E-state index contributed by atoms with van der Waals surface area (Å²) in [5.41, 5.74) is 0. The number of nitrogens with zero attached hydrogens (tertiary/aromatic N) is 1. The Balaban J connectivity index is 4.52. The number of unbranched alkanes of at least 4 members (excludes halogenated alkanes) is 15. The first kappa shape index (κ1) is 46.7. The zero-order valence-corrected chi connectivity index (χ0v) is 32.6. The highest BCUT2D eigenvalue weighted by Crippen LogP contribution is 2.43. The number of allylic oxidation sites excluding steroid dienone is 6. The third-order valence-electron chi connectivity index (χ3n) is 8.36. The summed E-state index contributed by atoms with van der Waals surface area (Å²) in [7, 11) is 1.58. The fourth-order valence-electron chi connectivity index (χ4n) is 5.18. The predicted molar refractivity (Wildman–Crippen MR) is 203 cm³/mol. The van der Waals surface area contributed by atoms with Crippen LogP contribution in [-0.2, 0) is 18.4 Å². The monoisotopic (exact) mass is 700 g/mol. The van der Waals surface area contributed by atoms with Gasteiger partial charge in [-0.25, -0.2) is 4.57 Å². The van der Waals surface area contributed by atoms with Gasteiger partial charge in [-0.15, -0.1) is 0 Å². The van der Waals surface area contributed by atoms with Crippen LogP contribution >= 0.6 is 7.82 Å². The van der Waals surface area contributed by atoms with Crippen molar-refractivity contribution in [2.24, 2.45) is 0 Å². The lowest BCUT2D eigenvalue weighted by atomic mass is 10.0. The molecule has 8 nitrogen and oxygen atoms in total. The van der Waals surface area contributed by atoms with Gasteiger partial charge in [-0.3, -0.25) is 13.8 Å². The van der Waals surface area contributed by atoms with Crippen LogP contribution in [0.15, 0.2) is 36.5 Å². The zero-order valence-electron chi connectivity index (χ0n) is 31.7. The minimum atomic E-state index is -4.32. The lowest BCUT2D eigenvalue weighted by Crippen LogP contribution is -2.46. The molecule has 0 fully saturated rings. The van der Waals surface area contributed by atoms with Crippen LogP contribution in [0.5, 0.6) is 0 Å². The van der Waals surface area contributed by atoms with Crippen LogP contribution in [0.4, 0.5) is 0 Å². The van der Waals surface area contributed by atoms with E-state index < -0.39 is 20.0 Å². The van der Waals surface area contributed by atoms with Crippen molar-refractivity contribution in [2.75, 3.05) is 40.9 Å². The van der Waals surface area contributed by atoms with Gasteiger partial charge in [0.25, 0.3) is 0 Å². The number of phosphoric acid groups is 1. The van der Waals surface area contributed by atoms with Crippen molar-refractivity contribution in [3.05, 3.63) is 36.5 Å². The smallest absolute Gasteiger partial charge is 0.391 e. The summed E-state index contributed by atoms with van der Waals surface area (Å²) >= 11 is 0. The number of amides is 1. The highest BCUT2D eigenvalue weighted by atomic mass is 31.2. The molecule has 0 aromatic rings. The van der Waals surface area contributed by atoms with E-state index in [0.717, 1.165) is 70.6 Å². The van der Waals surface area contributed by atoms with Gasteiger partial charge < -0.3 is 19.8 Å². The zero-order chi connectivity index (χ0) is 35.8. The number of carbonyl (C=O) groups is 1. The molecule has 0 aromatic carbocycles. The number of hydrogen-bond donors (Lipinski definition) is 3. The van der Waals surface area contributed by atoms with Gasteiger partial charge in [0.2, 0.25) is 5.91 Å². The van der Waals surface area contributed by atoms with Crippen molar-refractivity contribution in [3.63, 3.8) is 0 Å². The second-order valence-corrected chi connectivity index (χ2v) is 15.7. The molecular weight excluding hydrogens is 623 g/mol. The lowest BCUT2D eigenvalue weighted by Gasteiger charge is -2.26. The fourth-order valence-corrected chi connectivity index (χ4v) is 5.92. The molecule has 48 heavy (non-hydrogen) atoms. The van der Waals surface area contributed by atoms with Gasteiger partial charge in [-0.05, 0) is 70.6 Å². The molecule has 0 rings (SSSR count). The van der Waals surface area contributed by atoms with Gasteiger partial charge in [-0.1, -0.05) is 115 Å². The second kappa shape index (κ2) is 31.7. The summed E-state index contributed by atoms with van der Waals surface area (Å²) < 4.78 is 23.5. The van der Waals surface area contributed by atoms with E-state index in [-0.39, 0.29) is 19.1 Å². The van der Waals surface area contributed by atoms with Crippen molar-refractivity contribution < 1.29 is 32.9 Å². The molecule has 0 aromatic heterocycles. The van der Waals surface area contributed by atoms with Gasteiger partial charge in [-0.2, -0.15) is 0 Å². The Kier molecular flexibility index (Phi) is 30.8. The topological polar surface area (TPSA) is 105 Å². The minimum Gasteiger partial charge on any atom is -0.391 e. The number of phosphoric ester groups is 1. The molecule has 0 aliphatic heterocycles. The SMILES string of the molecule is CCCCC/C=C/C/C=C/CCCCCCCC(=O)N[C@@H](COP(=O)(O)OCC[N+](C)(C)C)[C@H](O)CCCC/C=C/CCCCCCC. The quantitative estimate of drug-likeness (QED) is 0.0267. The Bertz CT molecular complexity index is 886. The molecule has 0 bridgehead atoms. The van der Waals surface area contributed by atoms with Crippen LogP contribution in [0.3, 0.4) is 0 Å². The molecular formula is C39H76N2O6P+. The number of nitrogens with one attached hydrogen (secondary N) is 1. The highest BCUT2D eigenvalue weighted by Gasteiger charge is 2.28. The van der Waals surface area contributed by atoms with Gasteiger partial charge in [0.15, 0.2) is 0 Å². The van der Waals surface area contributed by atoms with Crippen molar-refractivity contribution in [2.45, 2.75) is 167 Å². The average molecular weight is 700 g/mol. The molecule has 0 spiro atoms. The van der Waals surface area contributed by atoms with E-state index in [4.69, 9.17) is 9.05 Å². The predicted octanol–water partition coefficient (Wildman–Crippen LogP) is 9.96. The van der Waals surface area contributed by atoms with Crippen LogP contribution in [0.2, 0.25) is 0 Å². The van der Waals surface area contributed by atoms with Gasteiger partial charge in [0.1, 0.15) is 13.2 Å². The summed E-state index contributed by atoms with van der Waals surface area (Å²) in [6, 6.07) is -0.781. The molecule has 9 heteroatoms. The molecule has 0 aliphatic carbocycles. The number of aliphatic hydroxyl groups is 1. The normalized spacial score (nSPS) is 15.1. The van der Waals surface area contributed by atoms with E-state index in [0.29, 0.717) is 23.9 Å². The number of rotatable bonds is 34. The first-order valence-electron chi connectivity index (χ1n) is 19.4. The summed E-state index contributed by atoms with van der Waals surface area (Å²) in [4.78, 5) is 23.0. The first-order valence-corrected chi connectivity index (χ1v) is 20.8. The molecule has 282 valence electrons. The molecule has 3 N–H and O–H groups in total. The summed E-state index contributed by atoms with van der Waals surface area (Å²) in [5.74, 6) is -0.172. The van der Waals surface area contributed by atoms with Crippen LogP contribution in [0.25, 0.3) is 0 Å². The molecule has 0 aliphatic rings. The number of carbonyl (C=O) groups excluding carboxylic acids is 1. The Morgan fingerprint density at radius 2 is 1.19 bits per heavy atom. The molecule has 1 unspecified atom stereocenters. The maximum absolute atomic E-state index is 12.8. The summed E-state index contributed by atoms with van der Waals surface area (Å²) in [5, 5.41) is 13.8. The summed E-state index contributed by atoms with van der Waals surface area (Å²) in [6.45, 7) is 4.78. The van der Waals surface area contributed by atoms with Crippen molar-refractivity contribution in [1.82, 2.24) is 5.32 Å². The Morgan fingerprint density at radius 3 is 1.77 bits per heavy atom. The van der Waals surface area contributed by atoms with E-state index >= 15 is 0 Å². The molecule has 1 amide bonds. The number of aliphatic hydroxyl groups excluding tert-OH is 1. The van der Waals surface area contributed by atoms with Crippen LogP contribution in [0, 0.1) is 0 Å². The molecule has 3 atom stereocenters.